The van der Waals surface area contributed by atoms with Crippen LogP contribution in [0.15, 0.2) is 42.5 Å². The van der Waals surface area contributed by atoms with Crippen LogP contribution in [0.25, 0.3) is 0 Å². The molecule has 0 atom stereocenters. The Morgan fingerprint density at radius 2 is 1.89 bits per heavy atom. The first-order chi connectivity index (χ1) is 9.04. The maximum atomic E-state index is 13.6. The second-order valence-corrected chi connectivity index (χ2v) is 4.37. The summed E-state index contributed by atoms with van der Waals surface area (Å²) in [7, 11) is 0. The summed E-state index contributed by atoms with van der Waals surface area (Å²) in [5.74, 6) is -0.596. The van der Waals surface area contributed by atoms with Crippen molar-refractivity contribution in [2.45, 2.75) is 13.3 Å². The summed E-state index contributed by atoms with van der Waals surface area (Å²) in [4.78, 5) is 11.8. The van der Waals surface area contributed by atoms with Crippen molar-refractivity contribution >= 4 is 11.6 Å². The van der Waals surface area contributed by atoms with Gasteiger partial charge in [0.1, 0.15) is 11.6 Å². The quantitative estimate of drug-likeness (QED) is 0.890. The molecule has 0 aromatic heterocycles. The van der Waals surface area contributed by atoms with E-state index in [1.165, 1.54) is 18.2 Å². The lowest BCUT2D eigenvalue weighted by atomic mass is 10.1. The number of phenols is 1. The average molecular weight is 259 g/mol. The molecule has 0 radical (unpaired) electrons. The van der Waals surface area contributed by atoms with E-state index in [2.05, 4.69) is 5.32 Å². The summed E-state index contributed by atoms with van der Waals surface area (Å²) in [6.45, 7) is 1.78. The summed E-state index contributed by atoms with van der Waals surface area (Å²) >= 11 is 0. The Hall–Kier alpha value is -2.36. The van der Waals surface area contributed by atoms with Crippen molar-refractivity contribution in [1.82, 2.24) is 0 Å². The molecule has 3 nitrogen and oxygen atoms in total. The van der Waals surface area contributed by atoms with Crippen LogP contribution in [0.2, 0.25) is 0 Å². The van der Waals surface area contributed by atoms with Gasteiger partial charge in [0, 0.05) is 0 Å². The van der Waals surface area contributed by atoms with Crippen molar-refractivity contribution < 1.29 is 14.3 Å². The van der Waals surface area contributed by atoms with E-state index in [0.29, 0.717) is 0 Å². The number of phenolic OH excluding ortho intramolecular Hbond substituents is 1. The first-order valence-electron chi connectivity index (χ1n) is 5.88. The van der Waals surface area contributed by atoms with Gasteiger partial charge in [-0.3, -0.25) is 4.79 Å². The molecule has 0 heterocycles. The molecule has 2 aromatic rings. The van der Waals surface area contributed by atoms with Gasteiger partial charge < -0.3 is 10.4 Å². The lowest BCUT2D eigenvalue weighted by Crippen LogP contribution is -2.15. The van der Waals surface area contributed by atoms with Crippen molar-refractivity contribution in [3.8, 4) is 5.75 Å². The van der Waals surface area contributed by atoms with Gasteiger partial charge in [0.2, 0.25) is 5.91 Å². The summed E-state index contributed by atoms with van der Waals surface area (Å²) in [6.07, 6.45) is 0.133. The fraction of sp³-hybridized carbons (Fsp3) is 0.133. The molecule has 2 N–H and O–H groups in total. The Bertz CT molecular complexity index is 594. The molecular weight excluding hydrogens is 245 g/mol. The third kappa shape index (κ3) is 3.55. The van der Waals surface area contributed by atoms with Gasteiger partial charge in [0.15, 0.2) is 0 Å². The first kappa shape index (κ1) is 13.1. The van der Waals surface area contributed by atoms with Crippen LogP contribution in [-0.4, -0.2) is 11.0 Å². The molecule has 98 valence electrons. The van der Waals surface area contributed by atoms with Gasteiger partial charge in [-0.2, -0.15) is 0 Å². The largest absolute Gasteiger partial charge is 0.508 e. The number of halogens is 1. The molecule has 0 bridgehead atoms. The number of benzene rings is 2. The number of nitrogens with one attached hydrogen (secondary N) is 1. The standard InChI is InChI=1S/C15H14FNO2/c1-10-2-7-14(13(16)8-10)17-15(19)9-11-3-5-12(18)6-4-11/h2-8,18H,9H2,1H3,(H,17,19). The molecule has 0 saturated heterocycles. The van der Waals surface area contributed by atoms with E-state index in [1.54, 1.807) is 31.2 Å². The second kappa shape index (κ2) is 5.52. The lowest BCUT2D eigenvalue weighted by Gasteiger charge is -2.07. The number of aromatic hydroxyl groups is 1. The molecule has 0 aliphatic carbocycles. The van der Waals surface area contributed by atoms with Gasteiger partial charge in [0.25, 0.3) is 0 Å². The van der Waals surface area contributed by atoms with Crippen LogP contribution in [0.4, 0.5) is 10.1 Å². The predicted molar refractivity (Wildman–Crippen MR) is 71.6 cm³/mol. The Morgan fingerprint density at radius 3 is 2.53 bits per heavy atom. The summed E-state index contributed by atoms with van der Waals surface area (Å²) in [5.41, 5.74) is 1.73. The van der Waals surface area contributed by atoms with Crippen LogP contribution >= 0.6 is 0 Å². The molecular formula is C15H14FNO2. The zero-order valence-corrected chi connectivity index (χ0v) is 10.5. The van der Waals surface area contributed by atoms with Crippen LogP contribution in [0.1, 0.15) is 11.1 Å². The van der Waals surface area contributed by atoms with Crippen molar-refractivity contribution in [2.24, 2.45) is 0 Å². The number of carbonyl (C=O) groups excluding carboxylic acids is 1. The minimum absolute atomic E-state index is 0.133. The van der Waals surface area contributed by atoms with Gasteiger partial charge in [-0.05, 0) is 42.3 Å². The van der Waals surface area contributed by atoms with E-state index in [4.69, 9.17) is 5.11 Å². The number of aryl methyl sites for hydroxylation is 1. The Morgan fingerprint density at radius 1 is 1.21 bits per heavy atom. The van der Waals surface area contributed by atoms with Crippen molar-refractivity contribution in [1.29, 1.82) is 0 Å². The molecule has 4 heteroatoms. The Kier molecular flexibility index (Phi) is 3.80. The van der Waals surface area contributed by atoms with Crippen LogP contribution in [0.3, 0.4) is 0 Å². The van der Waals surface area contributed by atoms with E-state index < -0.39 is 5.82 Å². The number of anilines is 1. The molecule has 0 fully saturated rings. The monoisotopic (exact) mass is 259 g/mol. The molecule has 2 rings (SSSR count). The number of amides is 1. The van der Waals surface area contributed by atoms with E-state index in [-0.39, 0.29) is 23.8 Å². The van der Waals surface area contributed by atoms with Gasteiger partial charge in [-0.1, -0.05) is 18.2 Å². The zero-order chi connectivity index (χ0) is 13.8. The molecule has 0 unspecified atom stereocenters. The predicted octanol–water partition coefficient (Wildman–Crippen LogP) is 3.02. The van der Waals surface area contributed by atoms with Gasteiger partial charge in [-0.15, -0.1) is 0 Å². The van der Waals surface area contributed by atoms with E-state index in [1.807, 2.05) is 0 Å². The maximum Gasteiger partial charge on any atom is 0.228 e. The minimum Gasteiger partial charge on any atom is -0.508 e. The fourth-order valence-electron chi connectivity index (χ4n) is 1.72. The van der Waals surface area contributed by atoms with E-state index >= 15 is 0 Å². The fourth-order valence-corrected chi connectivity index (χ4v) is 1.72. The highest BCUT2D eigenvalue weighted by molar-refractivity contribution is 5.92. The van der Waals surface area contributed by atoms with Gasteiger partial charge in [0.05, 0.1) is 12.1 Å². The molecule has 0 spiro atoms. The Balaban J connectivity index is 2.03. The lowest BCUT2D eigenvalue weighted by molar-refractivity contribution is -0.115. The summed E-state index contributed by atoms with van der Waals surface area (Å²) in [5, 5.41) is 11.7. The molecule has 2 aromatic carbocycles. The highest BCUT2D eigenvalue weighted by Gasteiger charge is 2.08. The van der Waals surface area contributed by atoms with Crippen LogP contribution in [-0.2, 0) is 11.2 Å². The Labute approximate surface area is 110 Å². The van der Waals surface area contributed by atoms with E-state index in [9.17, 15) is 9.18 Å². The van der Waals surface area contributed by atoms with Crippen molar-refractivity contribution in [3.63, 3.8) is 0 Å². The molecule has 1 amide bonds. The number of hydrogen-bond donors (Lipinski definition) is 2. The highest BCUT2D eigenvalue weighted by Crippen LogP contribution is 2.16. The van der Waals surface area contributed by atoms with E-state index in [0.717, 1.165) is 11.1 Å². The first-order valence-corrected chi connectivity index (χ1v) is 5.88. The summed E-state index contributed by atoms with van der Waals surface area (Å²) in [6, 6.07) is 11.0. The number of rotatable bonds is 3. The van der Waals surface area contributed by atoms with Crippen LogP contribution in [0.5, 0.6) is 5.75 Å². The average Bonchev–Trinajstić information content (AvgIpc) is 2.36. The SMILES string of the molecule is Cc1ccc(NC(=O)Cc2ccc(O)cc2)c(F)c1. The van der Waals surface area contributed by atoms with Gasteiger partial charge >= 0.3 is 0 Å². The topological polar surface area (TPSA) is 49.3 Å². The minimum atomic E-state index is -0.445. The molecule has 19 heavy (non-hydrogen) atoms. The van der Waals surface area contributed by atoms with Gasteiger partial charge in [-0.25, -0.2) is 4.39 Å². The smallest absolute Gasteiger partial charge is 0.228 e. The molecule has 0 saturated carbocycles. The third-order valence-electron chi connectivity index (χ3n) is 2.70. The number of hydrogen-bond acceptors (Lipinski definition) is 2. The highest BCUT2D eigenvalue weighted by atomic mass is 19.1. The normalized spacial score (nSPS) is 10.2. The third-order valence-corrected chi connectivity index (χ3v) is 2.70. The molecule has 0 aliphatic rings. The number of carbonyl (C=O) groups is 1. The summed E-state index contributed by atoms with van der Waals surface area (Å²) < 4.78 is 13.6. The van der Waals surface area contributed by atoms with Crippen LogP contribution < -0.4 is 5.32 Å². The van der Waals surface area contributed by atoms with Crippen molar-refractivity contribution in [3.05, 3.63) is 59.4 Å². The molecule has 0 aliphatic heterocycles. The zero-order valence-electron chi connectivity index (χ0n) is 10.5. The maximum absolute atomic E-state index is 13.6. The van der Waals surface area contributed by atoms with Crippen LogP contribution in [0, 0.1) is 12.7 Å². The van der Waals surface area contributed by atoms with Crippen molar-refractivity contribution in [2.75, 3.05) is 5.32 Å². The second-order valence-electron chi connectivity index (χ2n) is 4.37.